The average Bonchev–Trinajstić information content (AvgIpc) is 4.09. The van der Waals surface area contributed by atoms with Crippen LogP contribution in [0.1, 0.15) is 31.7 Å². The summed E-state index contributed by atoms with van der Waals surface area (Å²) in [7, 11) is -15.3. The minimum atomic E-state index is -5.20. The maximum atomic E-state index is 13.6. The number of ether oxygens (including phenoxy) is 3. The predicted octanol–water partition coefficient (Wildman–Crippen LogP) is -2.28. The van der Waals surface area contributed by atoms with Crippen molar-refractivity contribution in [3.05, 3.63) is 40.9 Å². The summed E-state index contributed by atoms with van der Waals surface area (Å²) in [4.78, 5) is 85.9. The van der Waals surface area contributed by atoms with Crippen molar-refractivity contribution in [2.45, 2.75) is 80.7 Å². The molecular formula is C30H40N15O17P3. The number of hydrogen-bond donors (Lipinski definition) is 10. The molecule has 32 nitrogen and oxygen atoms in total. The van der Waals surface area contributed by atoms with Crippen LogP contribution in [0.15, 0.2) is 45.3 Å². The Morgan fingerprint density at radius 1 is 0.769 bits per heavy atom. The van der Waals surface area contributed by atoms with E-state index in [1.807, 2.05) is 0 Å². The number of aliphatic hydroxyl groups is 1. The van der Waals surface area contributed by atoms with E-state index in [9.17, 15) is 43.2 Å². The monoisotopic (exact) mass is 975 g/mol. The van der Waals surface area contributed by atoms with E-state index < -0.39 is 110 Å². The first-order valence-electron chi connectivity index (χ1n) is 19.2. The number of phosphoric ester groups is 3. The minimum Gasteiger partial charge on any atom is -0.390 e. The Balaban J connectivity index is 0.884. The van der Waals surface area contributed by atoms with Crippen LogP contribution in [0.3, 0.4) is 0 Å². The number of nitrogen functional groups attached to an aromatic ring is 2. The highest BCUT2D eigenvalue weighted by molar-refractivity contribution is 7.47. The molecule has 4 aromatic heterocycles. The number of aliphatic hydroxyl groups excluding tert-OH is 1. The van der Waals surface area contributed by atoms with Gasteiger partial charge in [0.1, 0.15) is 72.6 Å². The Bertz CT molecular complexity index is 2770. The summed E-state index contributed by atoms with van der Waals surface area (Å²) >= 11 is 0. The van der Waals surface area contributed by atoms with Crippen molar-refractivity contribution in [3.8, 4) is 0 Å². The van der Waals surface area contributed by atoms with Crippen molar-refractivity contribution in [2.75, 3.05) is 31.3 Å². The Morgan fingerprint density at radius 2 is 1.37 bits per heavy atom. The van der Waals surface area contributed by atoms with Crippen molar-refractivity contribution in [2.24, 2.45) is 15.7 Å². The van der Waals surface area contributed by atoms with Crippen LogP contribution < -0.4 is 28.1 Å². The lowest BCUT2D eigenvalue weighted by molar-refractivity contribution is -0.0683. The zero-order chi connectivity index (χ0) is 46.0. The molecular weight excluding hydrogens is 935 g/mol. The molecule has 65 heavy (non-hydrogen) atoms. The SMILES string of the molecule is NC1=C2N=CN([C@H]3C[C@H](OP(=O)(O)OC[C@H]4O[C@@H](n5cnc6c(N)ncnc65)C[C@@H]4O)[C@@H](COP(=O)(O)O[C@H]4C[C@H](n5cnc6c(=O)[nH]c(N)nc65)O[C@@H]4COP(=O)(O)O)O3)C2N=CN1. The second-order valence-electron chi connectivity index (χ2n) is 14.9. The molecule has 0 amide bonds. The Kier molecular flexibility index (Phi) is 12.1. The molecule has 9 heterocycles. The smallest absolute Gasteiger partial charge is 0.390 e. The van der Waals surface area contributed by atoms with Gasteiger partial charge in [-0.1, -0.05) is 0 Å². The molecule has 352 valence electrons. The first-order chi connectivity index (χ1) is 30.8. The van der Waals surface area contributed by atoms with Crippen molar-refractivity contribution in [1.82, 2.24) is 49.3 Å². The fraction of sp³-hybridized carbons (Fsp3) is 0.533. The zero-order valence-electron chi connectivity index (χ0n) is 33.1. The van der Waals surface area contributed by atoms with Crippen molar-refractivity contribution in [1.29, 1.82) is 0 Å². The van der Waals surface area contributed by atoms with Crippen LogP contribution in [0.2, 0.25) is 0 Å². The normalized spacial score (nSPS) is 30.9. The minimum absolute atomic E-state index is 0.0251. The number of nitrogens with zero attached hydrogens (tertiary/aromatic N) is 10. The molecule has 0 aromatic carbocycles. The zero-order valence-corrected chi connectivity index (χ0v) is 35.8. The maximum absolute atomic E-state index is 13.6. The second-order valence-corrected chi connectivity index (χ2v) is 19.0. The largest absolute Gasteiger partial charge is 0.472 e. The lowest BCUT2D eigenvalue weighted by Gasteiger charge is -2.29. The van der Waals surface area contributed by atoms with E-state index in [0.717, 1.165) is 0 Å². The first-order valence-corrected chi connectivity index (χ1v) is 23.7. The summed E-state index contributed by atoms with van der Waals surface area (Å²) in [5.74, 6) is 0.0773. The van der Waals surface area contributed by atoms with E-state index in [1.54, 1.807) is 0 Å². The second kappa shape index (κ2) is 17.4. The summed E-state index contributed by atoms with van der Waals surface area (Å²) in [6, 6.07) is 0. The quantitative estimate of drug-likeness (QED) is 0.0529. The number of aliphatic imine (C=N–C) groups is 2. The maximum Gasteiger partial charge on any atom is 0.472 e. The summed E-state index contributed by atoms with van der Waals surface area (Å²) < 4.78 is 85.8. The average molecular weight is 976 g/mol. The molecule has 4 aromatic rings. The first kappa shape index (κ1) is 45.3. The van der Waals surface area contributed by atoms with Gasteiger partial charge in [0.15, 0.2) is 28.8 Å². The molecule has 5 aliphatic heterocycles. The van der Waals surface area contributed by atoms with E-state index in [-0.39, 0.29) is 48.0 Å². The van der Waals surface area contributed by atoms with Crippen LogP contribution >= 0.6 is 23.5 Å². The van der Waals surface area contributed by atoms with E-state index in [0.29, 0.717) is 16.9 Å². The predicted molar refractivity (Wildman–Crippen MR) is 215 cm³/mol. The molecule has 0 spiro atoms. The Hall–Kier alpha value is -4.85. The Labute approximate surface area is 362 Å². The van der Waals surface area contributed by atoms with Gasteiger partial charge in [-0.2, -0.15) is 4.98 Å². The molecule has 13 N–H and O–H groups in total. The molecule has 3 saturated heterocycles. The van der Waals surface area contributed by atoms with Crippen LogP contribution in [0.4, 0.5) is 11.8 Å². The fourth-order valence-electron chi connectivity index (χ4n) is 7.70. The lowest BCUT2D eigenvalue weighted by atomic mass is 10.2. The number of fused-ring (bicyclic) bond motifs is 3. The van der Waals surface area contributed by atoms with E-state index in [4.69, 9.17) is 49.5 Å². The fourth-order valence-corrected chi connectivity index (χ4v) is 9.96. The summed E-state index contributed by atoms with van der Waals surface area (Å²) in [6.07, 6.45) is -5.67. The van der Waals surface area contributed by atoms with Crippen molar-refractivity contribution in [3.63, 3.8) is 0 Å². The lowest BCUT2D eigenvalue weighted by Crippen LogP contribution is -2.42. The number of aromatic amines is 1. The molecule has 12 atom stereocenters. The molecule has 0 bridgehead atoms. The van der Waals surface area contributed by atoms with E-state index in [1.165, 1.54) is 45.7 Å². The molecule has 35 heteroatoms. The topological polar surface area (TPSA) is 451 Å². The van der Waals surface area contributed by atoms with Crippen molar-refractivity contribution >= 4 is 70.2 Å². The number of phosphoric acid groups is 3. The molecule has 3 fully saturated rings. The third-order valence-electron chi connectivity index (χ3n) is 10.7. The van der Waals surface area contributed by atoms with Gasteiger partial charge in [-0.3, -0.25) is 41.5 Å². The third kappa shape index (κ3) is 9.56. The van der Waals surface area contributed by atoms with Gasteiger partial charge >= 0.3 is 23.5 Å². The van der Waals surface area contributed by atoms with Gasteiger partial charge in [0, 0.05) is 19.3 Å². The molecule has 0 saturated carbocycles. The summed E-state index contributed by atoms with van der Waals surface area (Å²) in [5.41, 5.74) is 17.8. The highest BCUT2D eigenvalue weighted by atomic mass is 31.2. The van der Waals surface area contributed by atoms with Gasteiger partial charge in [-0.25, -0.2) is 43.6 Å². The Morgan fingerprint density at radius 3 is 2.08 bits per heavy atom. The number of H-pyrrole nitrogens is 1. The van der Waals surface area contributed by atoms with Crippen LogP contribution in [0.5, 0.6) is 0 Å². The number of anilines is 2. The number of nitrogens with two attached hydrogens (primary N) is 3. The van der Waals surface area contributed by atoms with Crippen LogP contribution in [-0.2, 0) is 50.5 Å². The summed E-state index contributed by atoms with van der Waals surface area (Å²) in [6.45, 7) is -2.29. The number of nitrogens with one attached hydrogen (secondary N) is 2. The summed E-state index contributed by atoms with van der Waals surface area (Å²) in [5, 5.41) is 13.5. The molecule has 3 unspecified atom stereocenters. The van der Waals surface area contributed by atoms with Gasteiger partial charge in [0.05, 0.1) is 51.3 Å². The molecule has 9 rings (SSSR count). The van der Waals surface area contributed by atoms with Crippen LogP contribution in [-0.4, -0.2) is 150 Å². The van der Waals surface area contributed by atoms with Gasteiger partial charge in [-0.15, -0.1) is 0 Å². The highest BCUT2D eigenvalue weighted by Crippen LogP contribution is 2.52. The van der Waals surface area contributed by atoms with Crippen LogP contribution in [0, 0.1) is 0 Å². The molecule has 0 aliphatic carbocycles. The number of aromatic nitrogens is 8. The van der Waals surface area contributed by atoms with E-state index >= 15 is 0 Å². The molecule has 5 aliphatic rings. The number of hydrogen-bond acceptors (Lipinski definition) is 25. The van der Waals surface area contributed by atoms with Gasteiger partial charge in [0.2, 0.25) is 5.95 Å². The van der Waals surface area contributed by atoms with Crippen LogP contribution in [0.25, 0.3) is 22.3 Å². The highest BCUT2D eigenvalue weighted by Gasteiger charge is 2.49. The number of imidazole rings is 2. The van der Waals surface area contributed by atoms with Gasteiger partial charge in [0.25, 0.3) is 5.56 Å². The van der Waals surface area contributed by atoms with Gasteiger partial charge in [-0.05, 0) is 0 Å². The third-order valence-corrected chi connectivity index (χ3v) is 13.2. The number of rotatable bonds is 16. The van der Waals surface area contributed by atoms with Gasteiger partial charge < -0.3 is 66.3 Å². The molecule has 0 radical (unpaired) electrons. The van der Waals surface area contributed by atoms with E-state index in [2.05, 4.69) is 49.7 Å². The standard InChI is InChI=1S/C30H40N15O17P3/c31-24-21-26(36-7-34-24)43(9-38-21)18-1-12(46)15(58-18)4-56-64(51,52)62-14-2-19(44-10-39-22-25(32)35-8-37-27(22)44)60-17(14)6-57-65(53,54)61-13-3-20(59-16(13)5-55-63(48,49)50)45-11-40-23-28(45)41-30(33)42-29(23)47/h7-20,27,46H,1-6,32H2,(H,35,37)(H,51,52)(H,53,54)(H2,31,34,36)(H2,48,49,50)(H3,33,41,42,47)/t12-,13-,14-,15+,16+,17+,18+,19+,20+,27?/m0/s1. The van der Waals surface area contributed by atoms with Crippen molar-refractivity contribution < 1.29 is 75.2 Å².